The van der Waals surface area contributed by atoms with Gasteiger partial charge in [0.15, 0.2) is 5.58 Å². The Balaban J connectivity index is 1.64. The van der Waals surface area contributed by atoms with Gasteiger partial charge in [0.05, 0.1) is 5.25 Å². The third kappa shape index (κ3) is 3.57. The minimum Gasteiger partial charge on any atom is -0.431 e. The minimum absolute atomic E-state index is 0.186. The number of carbonyl (C=O) groups is 2. The van der Waals surface area contributed by atoms with Crippen molar-refractivity contribution in [1.29, 1.82) is 0 Å². The SMILES string of the molecule is C[C@@H](Sc1nc2ccccc2o1)C(=O)Nc1ccc(C(N)=O)cc1. The van der Waals surface area contributed by atoms with Gasteiger partial charge in [-0.25, -0.2) is 4.98 Å². The van der Waals surface area contributed by atoms with Gasteiger partial charge in [-0.3, -0.25) is 9.59 Å². The smallest absolute Gasteiger partial charge is 0.257 e. The molecule has 0 radical (unpaired) electrons. The monoisotopic (exact) mass is 341 g/mol. The molecule has 2 aromatic carbocycles. The maximum Gasteiger partial charge on any atom is 0.257 e. The van der Waals surface area contributed by atoms with Crippen LogP contribution in [0.3, 0.4) is 0 Å². The van der Waals surface area contributed by atoms with E-state index in [1.807, 2.05) is 24.3 Å². The van der Waals surface area contributed by atoms with Crippen LogP contribution in [0.15, 0.2) is 58.2 Å². The zero-order valence-electron chi connectivity index (χ0n) is 12.9. The van der Waals surface area contributed by atoms with E-state index in [-0.39, 0.29) is 5.91 Å². The number of nitrogens with zero attached hydrogens (tertiary/aromatic N) is 1. The summed E-state index contributed by atoms with van der Waals surface area (Å²) in [7, 11) is 0. The van der Waals surface area contributed by atoms with E-state index in [1.165, 1.54) is 11.8 Å². The number of carbonyl (C=O) groups excluding carboxylic acids is 2. The zero-order valence-corrected chi connectivity index (χ0v) is 13.7. The highest BCUT2D eigenvalue weighted by atomic mass is 32.2. The lowest BCUT2D eigenvalue weighted by Gasteiger charge is -2.10. The number of anilines is 1. The molecule has 1 atom stereocenters. The fourth-order valence-corrected chi connectivity index (χ4v) is 2.83. The second-order valence-corrected chi connectivity index (χ2v) is 6.43. The Kier molecular flexibility index (Phi) is 4.52. The molecule has 0 unspecified atom stereocenters. The summed E-state index contributed by atoms with van der Waals surface area (Å²) >= 11 is 1.24. The molecule has 7 heteroatoms. The molecule has 24 heavy (non-hydrogen) atoms. The van der Waals surface area contributed by atoms with E-state index in [2.05, 4.69) is 10.3 Å². The number of para-hydroxylation sites is 2. The van der Waals surface area contributed by atoms with E-state index < -0.39 is 11.2 Å². The maximum atomic E-state index is 12.3. The molecular weight excluding hydrogens is 326 g/mol. The number of amides is 2. The first kappa shape index (κ1) is 16.1. The van der Waals surface area contributed by atoms with Gasteiger partial charge in [0.25, 0.3) is 5.22 Å². The number of benzene rings is 2. The molecule has 6 nitrogen and oxygen atoms in total. The molecule has 0 fully saturated rings. The Bertz CT molecular complexity index is 856. The largest absolute Gasteiger partial charge is 0.431 e. The van der Waals surface area contributed by atoms with E-state index in [0.29, 0.717) is 22.1 Å². The van der Waals surface area contributed by atoms with Gasteiger partial charge in [-0.05, 0) is 43.3 Å². The van der Waals surface area contributed by atoms with Crippen LogP contribution in [0.1, 0.15) is 17.3 Å². The predicted molar refractivity (Wildman–Crippen MR) is 92.9 cm³/mol. The number of thioether (sulfide) groups is 1. The number of rotatable bonds is 5. The predicted octanol–water partition coefficient (Wildman–Crippen LogP) is 3.05. The Morgan fingerprint density at radius 1 is 1.17 bits per heavy atom. The third-order valence-electron chi connectivity index (χ3n) is 3.36. The summed E-state index contributed by atoms with van der Waals surface area (Å²) in [6.07, 6.45) is 0. The first-order valence-electron chi connectivity index (χ1n) is 7.26. The lowest BCUT2D eigenvalue weighted by Crippen LogP contribution is -2.22. The molecule has 0 saturated carbocycles. The van der Waals surface area contributed by atoms with E-state index >= 15 is 0 Å². The van der Waals surface area contributed by atoms with Gasteiger partial charge in [0, 0.05) is 11.3 Å². The molecule has 1 aromatic heterocycles. The van der Waals surface area contributed by atoms with E-state index in [9.17, 15) is 9.59 Å². The van der Waals surface area contributed by atoms with Crippen LogP contribution in [0.5, 0.6) is 0 Å². The highest BCUT2D eigenvalue weighted by Crippen LogP contribution is 2.27. The number of nitrogens with one attached hydrogen (secondary N) is 1. The molecule has 0 aliphatic carbocycles. The number of primary amides is 1. The summed E-state index contributed by atoms with van der Waals surface area (Å²) in [5.74, 6) is -0.693. The molecule has 1 heterocycles. The molecule has 0 aliphatic heterocycles. The summed E-state index contributed by atoms with van der Waals surface area (Å²) < 4.78 is 5.60. The first-order chi connectivity index (χ1) is 11.5. The van der Waals surface area contributed by atoms with Gasteiger partial charge in [-0.15, -0.1) is 0 Å². The lowest BCUT2D eigenvalue weighted by atomic mass is 10.2. The number of oxazole rings is 1. The molecular formula is C17H15N3O3S. The number of fused-ring (bicyclic) bond motifs is 1. The second-order valence-electron chi connectivity index (χ2n) is 5.14. The summed E-state index contributed by atoms with van der Waals surface area (Å²) in [6.45, 7) is 1.77. The summed E-state index contributed by atoms with van der Waals surface area (Å²) in [5, 5.41) is 2.83. The molecule has 0 spiro atoms. The van der Waals surface area contributed by atoms with Crippen LogP contribution in [0.4, 0.5) is 5.69 Å². The van der Waals surface area contributed by atoms with Crippen LogP contribution in [-0.4, -0.2) is 22.0 Å². The van der Waals surface area contributed by atoms with Gasteiger partial charge in [-0.2, -0.15) is 0 Å². The van der Waals surface area contributed by atoms with Gasteiger partial charge in [-0.1, -0.05) is 23.9 Å². The Morgan fingerprint density at radius 3 is 2.54 bits per heavy atom. The summed E-state index contributed by atoms with van der Waals surface area (Å²) in [4.78, 5) is 27.6. The van der Waals surface area contributed by atoms with Gasteiger partial charge in [0.1, 0.15) is 5.52 Å². The highest BCUT2D eigenvalue weighted by molar-refractivity contribution is 8.00. The molecule has 3 rings (SSSR count). The maximum absolute atomic E-state index is 12.3. The van der Waals surface area contributed by atoms with Crippen molar-refractivity contribution in [2.45, 2.75) is 17.4 Å². The Hall–Kier alpha value is -2.80. The molecule has 122 valence electrons. The molecule has 3 aromatic rings. The van der Waals surface area contributed by atoms with Crippen LogP contribution in [-0.2, 0) is 4.79 Å². The van der Waals surface area contributed by atoms with E-state index in [0.717, 1.165) is 5.52 Å². The quantitative estimate of drug-likeness (QED) is 0.695. The van der Waals surface area contributed by atoms with Crippen molar-refractivity contribution in [3.05, 3.63) is 54.1 Å². The van der Waals surface area contributed by atoms with Crippen molar-refractivity contribution >= 4 is 40.4 Å². The van der Waals surface area contributed by atoms with Crippen molar-refractivity contribution in [2.75, 3.05) is 5.32 Å². The fraction of sp³-hybridized carbons (Fsp3) is 0.118. The van der Waals surface area contributed by atoms with E-state index in [4.69, 9.17) is 10.2 Å². The summed E-state index contributed by atoms with van der Waals surface area (Å²) in [6, 6.07) is 13.8. The van der Waals surface area contributed by atoms with Crippen LogP contribution in [0, 0.1) is 0 Å². The number of hydrogen-bond acceptors (Lipinski definition) is 5. The first-order valence-corrected chi connectivity index (χ1v) is 8.14. The van der Waals surface area contributed by atoms with Crippen molar-refractivity contribution < 1.29 is 14.0 Å². The second kappa shape index (κ2) is 6.76. The molecule has 0 bridgehead atoms. The Labute approximate surface area is 142 Å². The van der Waals surface area contributed by atoms with Crippen LogP contribution >= 0.6 is 11.8 Å². The number of aromatic nitrogens is 1. The topological polar surface area (TPSA) is 98.2 Å². The minimum atomic E-state index is -0.507. The van der Waals surface area contributed by atoms with Crippen LogP contribution in [0.2, 0.25) is 0 Å². The normalized spacial score (nSPS) is 12.0. The average Bonchev–Trinajstić information content (AvgIpc) is 2.97. The zero-order chi connectivity index (χ0) is 17.1. The number of nitrogens with two attached hydrogens (primary N) is 1. The van der Waals surface area contributed by atoms with Gasteiger partial charge >= 0.3 is 0 Å². The lowest BCUT2D eigenvalue weighted by molar-refractivity contribution is -0.115. The molecule has 2 amide bonds. The molecule has 0 aliphatic rings. The summed E-state index contributed by atoms with van der Waals surface area (Å²) in [5.41, 5.74) is 7.62. The van der Waals surface area contributed by atoms with Crippen molar-refractivity contribution in [2.24, 2.45) is 5.73 Å². The van der Waals surface area contributed by atoms with Gasteiger partial charge in [0.2, 0.25) is 11.8 Å². The Morgan fingerprint density at radius 2 is 1.88 bits per heavy atom. The van der Waals surface area contributed by atoms with Crippen molar-refractivity contribution in [1.82, 2.24) is 4.98 Å². The van der Waals surface area contributed by atoms with Gasteiger partial charge < -0.3 is 15.5 Å². The van der Waals surface area contributed by atoms with E-state index in [1.54, 1.807) is 31.2 Å². The number of hydrogen-bond donors (Lipinski definition) is 2. The van der Waals surface area contributed by atoms with Crippen molar-refractivity contribution in [3.8, 4) is 0 Å². The fourth-order valence-electron chi connectivity index (χ4n) is 2.07. The van der Waals surface area contributed by atoms with Crippen LogP contribution in [0.25, 0.3) is 11.1 Å². The van der Waals surface area contributed by atoms with Crippen molar-refractivity contribution in [3.63, 3.8) is 0 Å². The third-order valence-corrected chi connectivity index (χ3v) is 4.30. The van der Waals surface area contributed by atoms with Crippen LogP contribution < -0.4 is 11.1 Å². The molecule has 3 N–H and O–H groups in total. The molecule has 0 saturated heterocycles. The standard InChI is InChI=1S/C17H15N3O3S/c1-10(24-17-20-13-4-2-3-5-14(13)23-17)16(22)19-12-8-6-11(7-9-12)15(18)21/h2-10H,1H3,(H2,18,21)(H,19,22)/t10-/m1/s1. The highest BCUT2D eigenvalue weighted by Gasteiger charge is 2.18. The average molecular weight is 341 g/mol.